The normalized spacial score (nSPS) is 23.7. The van der Waals surface area contributed by atoms with Crippen LogP contribution in [-0.2, 0) is 0 Å². The van der Waals surface area contributed by atoms with Gasteiger partial charge in [0.1, 0.15) is 17.6 Å². The lowest BCUT2D eigenvalue weighted by Crippen LogP contribution is -2.51. The van der Waals surface area contributed by atoms with E-state index in [4.69, 9.17) is 9.47 Å². The quantitative estimate of drug-likeness (QED) is 0.698. The van der Waals surface area contributed by atoms with Crippen LogP contribution in [0.1, 0.15) is 32.1 Å². The summed E-state index contributed by atoms with van der Waals surface area (Å²) in [7, 11) is 1.63. The molecule has 2 N–H and O–H groups in total. The van der Waals surface area contributed by atoms with Crippen LogP contribution in [0.15, 0.2) is 42.5 Å². The number of hydrogen-bond acceptors (Lipinski definition) is 6. The topological polar surface area (TPSA) is 76.5 Å². The van der Waals surface area contributed by atoms with Crippen LogP contribution in [-0.4, -0.2) is 40.6 Å². The van der Waals surface area contributed by atoms with Crippen molar-refractivity contribution in [2.24, 2.45) is 0 Å². The fraction of sp³-hybridized carbons (Fsp3) is 0.391. The van der Waals surface area contributed by atoms with E-state index in [2.05, 4.69) is 15.5 Å². The minimum Gasteiger partial charge on any atom is -0.507 e. The second kappa shape index (κ2) is 7.52. The first-order valence-corrected chi connectivity index (χ1v) is 10.3. The fourth-order valence-corrected chi connectivity index (χ4v) is 4.60. The molecule has 0 spiro atoms. The van der Waals surface area contributed by atoms with Gasteiger partial charge in [0.2, 0.25) is 5.88 Å². The van der Waals surface area contributed by atoms with Crippen molar-refractivity contribution in [3.8, 4) is 28.6 Å². The SMILES string of the molecule is COc1ccc2cc(-c3ccc(OC4C[C@H]5CCC[C@@H](C4)N5)nn3)c(O)cc2c1. The number of nitrogens with one attached hydrogen (secondary N) is 1. The van der Waals surface area contributed by atoms with E-state index in [1.165, 1.54) is 19.3 Å². The molecule has 3 aromatic rings. The third-order valence-corrected chi connectivity index (χ3v) is 6.04. The van der Waals surface area contributed by atoms with Gasteiger partial charge in [0.15, 0.2) is 0 Å². The number of nitrogens with zero attached hydrogens (tertiary/aromatic N) is 2. The van der Waals surface area contributed by atoms with Crippen molar-refractivity contribution in [2.75, 3.05) is 7.11 Å². The van der Waals surface area contributed by atoms with Crippen molar-refractivity contribution < 1.29 is 14.6 Å². The minimum atomic E-state index is 0.167. The third kappa shape index (κ3) is 3.72. The van der Waals surface area contributed by atoms with Gasteiger partial charge in [0.05, 0.1) is 12.8 Å². The number of methoxy groups -OCH3 is 1. The molecule has 2 aliphatic heterocycles. The maximum absolute atomic E-state index is 10.5. The van der Waals surface area contributed by atoms with Gasteiger partial charge in [-0.3, -0.25) is 0 Å². The fourth-order valence-electron chi connectivity index (χ4n) is 4.60. The molecule has 2 saturated heterocycles. The summed E-state index contributed by atoms with van der Waals surface area (Å²) >= 11 is 0. The lowest BCUT2D eigenvalue weighted by atomic mass is 9.85. The Kier molecular flexibility index (Phi) is 4.72. The van der Waals surface area contributed by atoms with E-state index in [1.54, 1.807) is 13.2 Å². The van der Waals surface area contributed by atoms with Crippen LogP contribution in [0, 0.1) is 0 Å². The Morgan fingerprint density at radius 1 is 0.966 bits per heavy atom. The number of phenols is 1. The van der Waals surface area contributed by atoms with Crippen LogP contribution < -0.4 is 14.8 Å². The molecule has 6 nitrogen and oxygen atoms in total. The summed E-state index contributed by atoms with van der Waals surface area (Å²) in [6.45, 7) is 0. The highest BCUT2D eigenvalue weighted by Crippen LogP contribution is 2.34. The second-order valence-corrected chi connectivity index (χ2v) is 8.04. The van der Waals surface area contributed by atoms with Crippen molar-refractivity contribution in [2.45, 2.75) is 50.3 Å². The molecule has 0 saturated carbocycles. The lowest BCUT2D eigenvalue weighted by Gasteiger charge is -2.39. The van der Waals surface area contributed by atoms with E-state index in [-0.39, 0.29) is 11.9 Å². The zero-order chi connectivity index (χ0) is 19.8. The van der Waals surface area contributed by atoms with E-state index in [1.807, 2.05) is 36.4 Å². The maximum Gasteiger partial charge on any atom is 0.233 e. The maximum atomic E-state index is 10.5. The Bertz CT molecular complexity index is 1010. The van der Waals surface area contributed by atoms with Crippen LogP contribution in [0.25, 0.3) is 22.0 Å². The Morgan fingerprint density at radius 3 is 2.52 bits per heavy atom. The van der Waals surface area contributed by atoms with Crippen LogP contribution in [0.2, 0.25) is 0 Å². The molecular formula is C23H25N3O3. The Morgan fingerprint density at radius 2 is 1.79 bits per heavy atom. The first-order valence-electron chi connectivity index (χ1n) is 10.3. The van der Waals surface area contributed by atoms with Gasteiger partial charge < -0.3 is 19.9 Å². The number of rotatable bonds is 4. The summed E-state index contributed by atoms with van der Waals surface area (Å²) in [6, 6.07) is 14.2. The molecular weight excluding hydrogens is 366 g/mol. The van der Waals surface area contributed by atoms with E-state index in [0.717, 1.165) is 29.4 Å². The number of benzene rings is 2. The number of aromatic hydroxyl groups is 1. The van der Waals surface area contributed by atoms with Gasteiger partial charge in [-0.15, -0.1) is 10.2 Å². The first kappa shape index (κ1) is 18.2. The summed E-state index contributed by atoms with van der Waals surface area (Å²) in [5.74, 6) is 1.47. The van der Waals surface area contributed by atoms with Gasteiger partial charge in [0, 0.05) is 23.7 Å². The number of aromatic nitrogens is 2. The minimum absolute atomic E-state index is 0.167. The molecule has 3 atom stereocenters. The predicted molar refractivity (Wildman–Crippen MR) is 111 cm³/mol. The summed E-state index contributed by atoms with van der Waals surface area (Å²) < 4.78 is 11.4. The van der Waals surface area contributed by atoms with E-state index in [9.17, 15) is 5.11 Å². The van der Waals surface area contributed by atoms with Crippen molar-refractivity contribution in [3.63, 3.8) is 0 Å². The van der Waals surface area contributed by atoms with Crippen molar-refractivity contribution >= 4 is 10.8 Å². The van der Waals surface area contributed by atoms with E-state index in [0.29, 0.717) is 29.2 Å². The van der Waals surface area contributed by atoms with E-state index >= 15 is 0 Å². The van der Waals surface area contributed by atoms with Gasteiger partial charge in [-0.05, 0) is 66.8 Å². The molecule has 0 amide bonds. The number of hydrogen-bond donors (Lipinski definition) is 2. The highest BCUT2D eigenvalue weighted by Gasteiger charge is 2.32. The van der Waals surface area contributed by atoms with Crippen LogP contribution in [0.3, 0.4) is 0 Å². The lowest BCUT2D eigenvalue weighted by molar-refractivity contribution is 0.0881. The summed E-state index contributed by atoms with van der Waals surface area (Å²) in [5, 5.41) is 24.7. The molecule has 0 radical (unpaired) electrons. The molecule has 2 aliphatic rings. The number of ether oxygens (including phenoxy) is 2. The smallest absolute Gasteiger partial charge is 0.233 e. The number of fused-ring (bicyclic) bond motifs is 3. The number of phenolic OH excluding ortho intramolecular Hbond substituents is 1. The largest absolute Gasteiger partial charge is 0.507 e. The van der Waals surface area contributed by atoms with Crippen LogP contribution in [0.4, 0.5) is 0 Å². The second-order valence-electron chi connectivity index (χ2n) is 8.04. The predicted octanol–water partition coefficient (Wildman–Crippen LogP) is 4.06. The monoisotopic (exact) mass is 391 g/mol. The molecule has 0 aliphatic carbocycles. The molecule has 150 valence electrons. The average Bonchev–Trinajstić information content (AvgIpc) is 2.73. The Hall–Kier alpha value is -2.86. The number of piperidine rings is 2. The Labute approximate surface area is 169 Å². The highest BCUT2D eigenvalue weighted by atomic mass is 16.5. The van der Waals surface area contributed by atoms with Crippen LogP contribution >= 0.6 is 0 Å². The molecule has 5 rings (SSSR count). The molecule has 2 fully saturated rings. The van der Waals surface area contributed by atoms with Crippen molar-refractivity contribution in [1.82, 2.24) is 15.5 Å². The highest BCUT2D eigenvalue weighted by molar-refractivity contribution is 5.90. The summed E-state index contributed by atoms with van der Waals surface area (Å²) in [4.78, 5) is 0. The van der Waals surface area contributed by atoms with Gasteiger partial charge in [0.25, 0.3) is 0 Å². The van der Waals surface area contributed by atoms with Gasteiger partial charge >= 0.3 is 0 Å². The molecule has 1 unspecified atom stereocenters. The van der Waals surface area contributed by atoms with Gasteiger partial charge in [-0.25, -0.2) is 0 Å². The molecule has 1 aromatic heterocycles. The van der Waals surface area contributed by atoms with Gasteiger partial charge in [-0.1, -0.05) is 12.5 Å². The molecule has 2 bridgehead atoms. The molecule has 6 heteroatoms. The molecule has 29 heavy (non-hydrogen) atoms. The van der Waals surface area contributed by atoms with Crippen molar-refractivity contribution in [3.05, 3.63) is 42.5 Å². The zero-order valence-electron chi connectivity index (χ0n) is 16.5. The summed E-state index contributed by atoms with van der Waals surface area (Å²) in [6.07, 6.45) is 6.01. The average molecular weight is 391 g/mol. The standard InChI is InChI=1S/C23H25N3O3/c1-28-18-6-5-14-10-20(22(27)11-15(14)9-18)21-7-8-23(26-25-21)29-19-12-16-3-2-4-17(13-19)24-16/h5-11,16-17,19,24,27H,2-4,12-13H2,1H3/t16-,17+,19?. The van der Waals surface area contributed by atoms with Gasteiger partial charge in [-0.2, -0.15) is 0 Å². The summed E-state index contributed by atoms with van der Waals surface area (Å²) in [5.41, 5.74) is 1.27. The first-order chi connectivity index (χ1) is 14.2. The van der Waals surface area contributed by atoms with Crippen molar-refractivity contribution in [1.29, 1.82) is 0 Å². The molecule has 2 aromatic carbocycles. The third-order valence-electron chi connectivity index (χ3n) is 6.04. The van der Waals surface area contributed by atoms with Crippen LogP contribution in [0.5, 0.6) is 17.4 Å². The van der Waals surface area contributed by atoms with E-state index < -0.39 is 0 Å². The zero-order valence-corrected chi connectivity index (χ0v) is 16.5. The Balaban J connectivity index is 1.35. The molecule has 3 heterocycles.